The van der Waals surface area contributed by atoms with Crippen molar-refractivity contribution in [3.63, 3.8) is 0 Å². The number of aliphatic hydroxyl groups excluding tert-OH is 1. The van der Waals surface area contributed by atoms with E-state index in [9.17, 15) is 5.11 Å². The maximum Gasteiger partial charge on any atom is 0.125 e. The molecule has 4 nitrogen and oxygen atoms in total. The number of aromatic nitrogens is 2. The van der Waals surface area contributed by atoms with Crippen molar-refractivity contribution in [3.05, 3.63) is 53.1 Å². The Labute approximate surface area is 106 Å². The molecule has 0 saturated heterocycles. The summed E-state index contributed by atoms with van der Waals surface area (Å²) in [5.74, 6) is 0.679. The molecule has 1 atom stereocenters. The lowest BCUT2D eigenvalue weighted by Gasteiger charge is -2.17. The minimum Gasteiger partial charge on any atom is -0.496 e. The fraction of sp³-hybridized carbons (Fsp3) is 0.286. The Kier molecular flexibility index (Phi) is 3.58. The summed E-state index contributed by atoms with van der Waals surface area (Å²) in [5, 5.41) is 10.4. The summed E-state index contributed by atoms with van der Waals surface area (Å²) in [5.41, 5.74) is 3.40. The maximum absolute atomic E-state index is 10.4. The third-order valence-electron chi connectivity index (χ3n) is 2.87. The second kappa shape index (κ2) is 5.14. The minimum absolute atomic E-state index is 0.565. The van der Waals surface area contributed by atoms with Crippen molar-refractivity contribution in [2.24, 2.45) is 0 Å². The Balaban J connectivity index is 2.51. The van der Waals surface area contributed by atoms with Crippen molar-refractivity contribution in [1.82, 2.24) is 9.97 Å². The molecule has 0 aliphatic rings. The molecule has 1 N–H and O–H groups in total. The molecular formula is C14H16N2O2. The van der Waals surface area contributed by atoms with Gasteiger partial charge in [-0.1, -0.05) is 6.07 Å². The molecule has 4 heteroatoms. The van der Waals surface area contributed by atoms with Crippen LogP contribution in [0, 0.1) is 13.8 Å². The smallest absolute Gasteiger partial charge is 0.125 e. The average Bonchev–Trinajstić information content (AvgIpc) is 2.38. The predicted octanol–water partition coefficient (Wildman–Crippen LogP) is 2.18. The summed E-state index contributed by atoms with van der Waals surface area (Å²) < 4.78 is 5.35. The van der Waals surface area contributed by atoms with Crippen LogP contribution in [-0.2, 0) is 0 Å². The van der Waals surface area contributed by atoms with E-state index in [2.05, 4.69) is 9.97 Å². The van der Waals surface area contributed by atoms with Crippen LogP contribution in [-0.4, -0.2) is 22.2 Å². The molecule has 94 valence electrons. The maximum atomic E-state index is 10.4. The van der Waals surface area contributed by atoms with Crippen LogP contribution in [0.4, 0.5) is 0 Å². The predicted molar refractivity (Wildman–Crippen MR) is 68.6 cm³/mol. The van der Waals surface area contributed by atoms with Crippen LogP contribution in [0.1, 0.15) is 28.5 Å². The van der Waals surface area contributed by atoms with Crippen molar-refractivity contribution in [2.45, 2.75) is 20.0 Å². The van der Waals surface area contributed by atoms with Crippen molar-refractivity contribution in [3.8, 4) is 5.75 Å². The lowest BCUT2D eigenvalue weighted by Crippen LogP contribution is -2.07. The lowest BCUT2D eigenvalue weighted by atomic mass is 9.97. The second-order valence-corrected chi connectivity index (χ2v) is 4.23. The molecule has 1 heterocycles. The molecule has 0 fully saturated rings. The fourth-order valence-corrected chi connectivity index (χ4v) is 2.07. The van der Waals surface area contributed by atoms with E-state index in [1.54, 1.807) is 19.4 Å². The zero-order chi connectivity index (χ0) is 13.1. The summed E-state index contributed by atoms with van der Waals surface area (Å²) in [6, 6.07) is 5.62. The molecule has 0 aliphatic carbocycles. The topological polar surface area (TPSA) is 55.2 Å². The monoisotopic (exact) mass is 244 g/mol. The number of nitrogens with zero attached hydrogens (tertiary/aromatic N) is 2. The van der Waals surface area contributed by atoms with Crippen LogP contribution >= 0.6 is 0 Å². The van der Waals surface area contributed by atoms with Crippen LogP contribution < -0.4 is 4.74 Å². The second-order valence-electron chi connectivity index (χ2n) is 4.23. The van der Waals surface area contributed by atoms with E-state index in [1.165, 1.54) is 6.33 Å². The number of aryl methyl sites for hydroxylation is 2. The van der Waals surface area contributed by atoms with Gasteiger partial charge in [0.1, 0.15) is 18.2 Å². The molecular weight excluding hydrogens is 228 g/mol. The van der Waals surface area contributed by atoms with Crippen LogP contribution in [0.25, 0.3) is 0 Å². The first-order chi connectivity index (χ1) is 8.63. The molecule has 0 bridgehead atoms. The van der Waals surface area contributed by atoms with E-state index >= 15 is 0 Å². The Bertz CT molecular complexity index is 541. The van der Waals surface area contributed by atoms with Crippen molar-refractivity contribution in [2.75, 3.05) is 7.11 Å². The number of aliphatic hydroxyl groups is 1. The third kappa shape index (κ3) is 2.33. The summed E-state index contributed by atoms with van der Waals surface area (Å²) in [6.45, 7) is 3.95. The van der Waals surface area contributed by atoms with Crippen LogP contribution in [0.5, 0.6) is 5.75 Å². The molecule has 0 saturated carbocycles. The Morgan fingerprint density at radius 3 is 2.67 bits per heavy atom. The zero-order valence-corrected chi connectivity index (χ0v) is 10.7. The molecule has 0 aliphatic heterocycles. The first kappa shape index (κ1) is 12.5. The lowest BCUT2D eigenvalue weighted by molar-refractivity contribution is 0.209. The molecule has 2 aromatic rings. The van der Waals surface area contributed by atoms with E-state index in [1.807, 2.05) is 26.0 Å². The van der Waals surface area contributed by atoms with Crippen molar-refractivity contribution in [1.29, 1.82) is 0 Å². The van der Waals surface area contributed by atoms with Gasteiger partial charge >= 0.3 is 0 Å². The molecule has 0 spiro atoms. The van der Waals surface area contributed by atoms with Gasteiger partial charge in [0.15, 0.2) is 0 Å². The highest BCUT2D eigenvalue weighted by molar-refractivity contribution is 5.46. The molecule has 2 rings (SSSR count). The third-order valence-corrected chi connectivity index (χ3v) is 2.87. The van der Waals surface area contributed by atoms with Gasteiger partial charge in [0.2, 0.25) is 0 Å². The van der Waals surface area contributed by atoms with Crippen LogP contribution in [0.3, 0.4) is 0 Å². The average molecular weight is 244 g/mol. The van der Waals surface area contributed by atoms with Crippen molar-refractivity contribution >= 4 is 0 Å². The van der Waals surface area contributed by atoms with E-state index in [4.69, 9.17) is 4.74 Å². The van der Waals surface area contributed by atoms with E-state index in [0.717, 1.165) is 16.7 Å². The molecule has 0 amide bonds. The number of hydrogen-bond acceptors (Lipinski definition) is 4. The number of methoxy groups -OCH3 is 1. The number of ether oxygens (including phenoxy) is 1. The standard InChI is InChI=1S/C14H16N2O2/c1-9-6-10(2)13(12(7-9)18-3)14(17)11-4-5-15-8-16-11/h4-8,14,17H,1-3H3. The highest BCUT2D eigenvalue weighted by atomic mass is 16.5. The molecule has 18 heavy (non-hydrogen) atoms. The summed E-state index contributed by atoms with van der Waals surface area (Å²) >= 11 is 0. The van der Waals surface area contributed by atoms with Gasteiger partial charge in [-0.05, 0) is 37.1 Å². The number of hydrogen-bond donors (Lipinski definition) is 1. The van der Waals surface area contributed by atoms with Gasteiger partial charge in [-0.3, -0.25) is 0 Å². The van der Waals surface area contributed by atoms with Gasteiger partial charge < -0.3 is 9.84 Å². The zero-order valence-electron chi connectivity index (χ0n) is 10.7. The number of benzene rings is 1. The number of rotatable bonds is 3. The molecule has 1 aromatic heterocycles. The first-order valence-electron chi connectivity index (χ1n) is 5.72. The van der Waals surface area contributed by atoms with Crippen molar-refractivity contribution < 1.29 is 9.84 Å². The highest BCUT2D eigenvalue weighted by Gasteiger charge is 2.19. The fourth-order valence-electron chi connectivity index (χ4n) is 2.07. The Morgan fingerprint density at radius 1 is 1.28 bits per heavy atom. The Hall–Kier alpha value is -1.94. The van der Waals surface area contributed by atoms with Gasteiger partial charge in [0, 0.05) is 11.8 Å². The summed E-state index contributed by atoms with van der Waals surface area (Å²) in [7, 11) is 1.60. The Morgan fingerprint density at radius 2 is 2.06 bits per heavy atom. The SMILES string of the molecule is COc1cc(C)cc(C)c1C(O)c1ccncn1. The van der Waals surface area contributed by atoms with Crippen LogP contribution in [0.2, 0.25) is 0 Å². The van der Waals surface area contributed by atoms with Gasteiger partial charge in [-0.2, -0.15) is 0 Å². The molecule has 0 radical (unpaired) electrons. The quantitative estimate of drug-likeness (QED) is 0.899. The largest absolute Gasteiger partial charge is 0.496 e. The first-order valence-corrected chi connectivity index (χ1v) is 5.72. The van der Waals surface area contributed by atoms with Gasteiger partial charge in [0.25, 0.3) is 0 Å². The normalized spacial score (nSPS) is 12.2. The minimum atomic E-state index is -0.802. The van der Waals surface area contributed by atoms with Gasteiger partial charge in [-0.15, -0.1) is 0 Å². The molecule has 1 unspecified atom stereocenters. The van der Waals surface area contributed by atoms with E-state index in [-0.39, 0.29) is 0 Å². The van der Waals surface area contributed by atoms with Gasteiger partial charge in [0.05, 0.1) is 12.8 Å². The van der Waals surface area contributed by atoms with E-state index in [0.29, 0.717) is 11.4 Å². The van der Waals surface area contributed by atoms with E-state index < -0.39 is 6.10 Å². The summed E-state index contributed by atoms with van der Waals surface area (Å²) in [6.07, 6.45) is 2.24. The van der Waals surface area contributed by atoms with Gasteiger partial charge in [-0.25, -0.2) is 9.97 Å². The molecule has 1 aromatic carbocycles. The van der Waals surface area contributed by atoms with Crippen LogP contribution in [0.15, 0.2) is 30.7 Å². The summed E-state index contributed by atoms with van der Waals surface area (Å²) in [4.78, 5) is 7.92. The highest BCUT2D eigenvalue weighted by Crippen LogP contribution is 2.32.